The van der Waals surface area contributed by atoms with Gasteiger partial charge in [0.2, 0.25) is 0 Å². The van der Waals surface area contributed by atoms with Crippen LogP contribution in [0, 0.1) is 17.8 Å². The number of carbonyl (C=O) groups is 1. The van der Waals surface area contributed by atoms with Crippen LogP contribution in [0.1, 0.15) is 32.1 Å². The van der Waals surface area contributed by atoms with Gasteiger partial charge in [-0.05, 0) is 31.1 Å². The van der Waals surface area contributed by atoms with Gasteiger partial charge in [-0.3, -0.25) is 4.79 Å². The third kappa shape index (κ3) is 3.27. The van der Waals surface area contributed by atoms with E-state index in [1.54, 1.807) is 0 Å². The minimum atomic E-state index is -4.44. The van der Waals surface area contributed by atoms with Crippen LogP contribution in [0.25, 0.3) is 0 Å². The molecule has 0 aromatic carbocycles. The number of alkyl halides is 3. The van der Waals surface area contributed by atoms with E-state index < -0.39 is 18.8 Å². The first-order valence-electron chi connectivity index (χ1n) is 6.37. The van der Waals surface area contributed by atoms with Gasteiger partial charge in [0.05, 0.1) is 5.92 Å². The van der Waals surface area contributed by atoms with Gasteiger partial charge in [-0.2, -0.15) is 13.2 Å². The summed E-state index contributed by atoms with van der Waals surface area (Å²) in [5.74, 6) is -0.559. The van der Waals surface area contributed by atoms with Crippen LogP contribution in [0.15, 0.2) is 12.2 Å². The molecule has 5 heteroatoms. The van der Waals surface area contributed by atoms with Crippen molar-refractivity contribution in [3.8, 4) is 0 Å². The van der Waals surface area contributed by atoms with Crippen LogP contribution in [0.5, 0.6) is 0 Å². The zero-order valence-electron chi connectivity index (χ0n) is 10.1. The number of ether oxygens (including phenoxy) is 1. The Labute approximate surface area is 104 Å². The zero-order valence-corrected chi connectivity index (χ0v) is 10.1. The van der Waals surface area contributed by atoms with Crippen molar-refractivity contribution in [1.29, 1.82) is 0 Å². The number of hydrogen-bond donors (Lipinski definition) is 0. The second-order valence-corrected chi connectivity index (χ2v) is 5.11. The second kappa shape index (κ2) is 5.33. The maximum absolute atomic E-state index is 12.0. The zero-order chi connectivity index (χ0) is 13.2. The summed E-state index contributed by atoms with van der Waals surface area (Å²) in [7, 11) is 0. The summed E-state index contributed by atoms with van der Waals surface area (Å²) in [5.41, 5.74) is 0. The Morgan fingerprint density at radius 2 is 2.00 bits per heavy atom. The van der Waals surface area contributed by atoms with Crippen molar-refractivity contribution in [1.82, 2.24) is 0 Å². The number of hydrogen-bond acceptors (Lipinski definition) is 2. The SMILES string of the molecule is O=C(OCC(F)(F)F)[C@H]1CC=C[C@H]2CCCC[C@H]12. The molecular formula is C13H17F3O2. The van der Waals surface area contributed by atoms with E-state index >= 15 is 0 Å². The van der Waals surface area contributed by atoms with Crippen LogP contribution in [0.4, 0.5) is 13.2 Å². The largest absolute Gasteiger partial charge is 0.456 e. The number of allylic oxidation sites excluding steroid dienone is 2. The summed E-state index contributed by atoms with van der Waals surface area (Å²) in [6, 6.07) is 0. The molecule has 18 heavy (non-hydrogen) atoms. The molecule has 2 rings (SSSR count). The first-order chi connectivity index (χ1) is 8.47. The monoisotopic (exact) mass is 262 g/mol. The molecule has 102 valence electrons. The van der Waals surface area contributed by atoms with Crippen molar-refractivity contribution in [3.05, 3.63) is 12.2 Å². The average Bonchev–Trinajstić information content (AvgIpc) is 2.34. The molecule has 0 amide bonds. The Kier molecular flexibility index (Phi) is 3.97. The van der Waals surface area contributed by atoms with Crippen LogP contribution in [0.2, 0.25) is 0 Å². The molecular weight excluding hydrogens is 245 g/mol. The summed E-state index contributed by atoms with van der Waals surface area (Å²) in [5, 5.41) is 0. The van der Waals surface area contributed by atoms with E-state index in [1.165, 1.54) is 0 Å². The van der Waals surface area contributed by atoms with Gasteiger partial charge in [-0.1, -0.05) is 25.0 Å². The van der Waals surface area contributed by atoms with Crippen molar-refractivity contribution < 1.29 is 22.7 Å². The molecule has 3 atom stereocenters. The van der Waals surface area contributed by atoms with Gasteiger partial charge in [0.1, 0.15) is 0 Å². The van der Waals surface area contributed by atoms with Crippen molar-refractivity contribution in [2.75, 3.05) is 6.61 Å². The third-order valence-electron chi connectivity index (χ3n) is 3.85. The predicted molar refractivity (Wildman–Crippen MR) is 59.7 cm³/mol. The van der Waals surface area contributed by atoms with E-state index in [-0.39, 0.29) is 11.8 Å². The minimum absolute atomic E-state index is 0.171. The molecule has 2 aliphatic rings. The minimum Gasteiger partial charge on any atom is -0.456 e. The fourth-order valence-corrected chi connectivity index (χ4v) is 3.03. The molecule has 0 aromatic heterocycles. The van der Waals surface area contributed by atoms with Gasteiger partial charge in [0.25, 0.3) is 0 Å². The lowest BCUT2D eigenvalue weighted by atomic mass is 9.68. The van der Waals surface area contributed by atoms with Gasteiger partial charge in [-0.25, -0.2) is 0 Å². The summed E-state index contributed by atoms with van der Waals surface area (Å²) >= 11 is 0. The Hall–Kier alpha value is -1.00. The Balaban J connectivity index is 1.95. The highest BCUT2D eigenvalue weighted by molar-refractivity contribution is 5.73. The highest BCUT2D eigenvalue weighted by Gasteiger charge is 2.38. The summed E-state index contributed by atoms with van der Waals surface area (Å²) in [6.07, 6.45) is 4.23. The van der Waals surface area contributed by atoms with E-state index in [0.717, 1.165) is 25.7 Å². The predicted octanol–water partition coefficient (Wildman–Crippen LogP) is 3.47. The van der Waals surface area contributed by atoms with Crippen molar-refractivity contribution in [2.24, 2.45) is 17.8 Å². The average molecular weight is 262 g/mol. The molecule has 0 N–H and O–H groups in total. The maximum atomic E-state index is 12.0. The lowest BCUT2D eigenvalue weighted by molar-refractivity contribution is -0.191. The topological polar surface area (TPSA) is 26.3 Å². The highest BCUT2D eigenvalue weighted by Crippen LogP contribution is 2.41. The van der Waals surface area contributed by atoms with E-state index in [4.69, 9.17) is 0 Å². The molecule has 0 spiro atoms. The molecule has 0 saturated heterocycles. The van der Waals surface area contributed by atoms with Crippen LogP contribution in [-0.4, -0.2) is 18.8 Å². The smallest absolute Gasteiger partial charge is 0.422 e. The first-order valence-corrected chi connectivity index (χ1v) is 6.37. The molecule has 0 heterocycles. The molecule has 2 nitrogen and oxygen atoms in total. The summed E-state index contributed by atoms with van der Waals surface area (Å²) < 4.78 is 40.5. The van der Waals surface area contributed by atoms with E-state index in [2.05, 4.69) is 10.8 Å². The fourth-order valence-electron chi connectivity index (χ4n) is 3.03. The molecule has 0 bridgehead atoms. The maximum Gasteiger partial charge on any atom is 0.422 e. The van der Waals surface area contributed by atoms with Gasteiger partial charge < -0.3 is 4.74 Å². The molecule has 1 saturated carbocycles. The number of esters is 1. The van der Waals surface area contributed by atoms with Gasteiger partial charge in [0.15, 0.2) is 6.61 Å². The van der Waals surface area contributed by atoms with Gasteiger partial charge in [0, 0.05) is 0 Å². The summed E-state index contributed by atoms with van der Waals surface area (Å²) in [6.45, 7) is -1.47. The van der Waals surface area contributed by atoms with E-state index in [9.17, 15) is 18.0 Å². The number of carbonyl (C=O) groups excluding carboxylic acids is 1. The molecule has 0 radical (unpaired) electrons. The Bertz CT molecular complexity index is 336. The molecule has 0 aliphatic heterocycles. The lowest BCUT2D eigenvalue weighted by Gasteiger charge is -2.36. The van der Waals surface area contributed by atoms with Crippen LogP contribution in [-0.2, 0) is 9.53 Å². The van der Waals surface area contributed by atoms with E-state index in [0.29, 0.717) is 12.3 Å². The van der Waals surface area contributed by atoms with Gasteiger partial charge in [-0.15, -0.1) is 0 Å². The quantitative estimate of drug-likeness (QED) is 0.562. The molecule has 1 fully saturated rings. The number of rotatable bonds is 2. The van der Waals surface area contributed by atoms with Gasteiger partial charge >= 0.3 is 12.1 Å². The first kappa shape index (κ1) is 13.4. The number of fused-ring (bicyclic) bond motifs is 1. The fraction of sp³-hybridized carbons (Fsp3) is 0.769. The Morgan fingerprint density at radius 1 is 1.28 bits per heavy atom. The normalized spacial score (nSPS) is 31.8. The summed E-state index contributed by atoms with van der Waals surface area (Å²) in [4.78, 5) is 11.7. The molecule has 0 unspecified atom stereocenters. The Morgan fingerprint density at radius 3 is 2.72 bits per heavy atom. The van der Waals surface area contributed by atoms with Crippen LogP contribution in [0.3, 0.4) is 0 Å². The second-order valence-electron chi connectivity index (χ2n) is 5.11. The molecule has 0 aromatic rings. The third-order valence-corrected chi connectivity index (χ3v) is 3.85. The highest BCUT2D eigenvalue weighted by atomic mass is 19.4. The van der Waals surface area contributed by atoms with Crippen LogP contribution >= 0.6 is 0 Å². The van der Waals surface area contributed by atoms with Crippen molar-refractivity contribution >= 4 is 5.97 Å². The van der Waals surface area contributed by atoms with Crippen LogP contribution < -0.4 is 0 Å². The van der Waals surface area contributed by atoms with Crippen molar-refractivity contribution in [3.63, 3.8) is 0 Å². The molecule has 2 aliphatic carbocycles. The number of halogens is 3. The van der Waals surface area contributed by atoms with E-state index in [1.807, 2.05) is 6.08 Å². The van der Waals surface area contributed by atoms with Crippen molar-refractivity contribution in [2.45, 2.75) is 38.3 Å². The lowest BCUT2D eigenvalue weighted by Crippen LogP contribution is -2.35. The standard InChI is InChI=1S/C13H17F3O2/c14-13(15,16)8-18-12(17)11-7-3-5-9-4-1-2-6-10(9)11/h3,5,9-11H,1-2,4,6-8H2/t9-,10+,11+/m1/s1.